The average Bonchev–Trinajstić information content (AvgIpc) is 2.43. The van der Waals surface area contributed by atoms with Crippen LogP contribution in [0.2, 0.25) is 0 Å². The zero-order chi connectivity index (χ0) is 14.1. The van der Waals surface area contributed by atoms with Crippen LogP contribution in [-0.2, 0) is 19.3 Å². The standard InChI is InChI=1S/C18H24O/c1-4-7-10-15-13-14-16(11-8-5-2)18(19)17(15)12-9-6-3/h4-6,13-14,19H,1-3,7-12H2. The lowest BCUT2D eigenvalue weighted by Crippen LogP contribution is -1.98. The molecule has 0 atom stereocenters. The third-order valence-electron chi connectivity index (χ3n) is 3.30. The minimum atomic E-state index is 0.463. The highest BCUT2D eigenvalue weighted by atomic mass is 16.3. The van der Waals surface area contributed by atoms with Crippen molar-refractivity contribution in [2.45, 2.75) is 38.5 Å². The second-order valence-electron chi connectivity index (χ2n) is 4.69. The first-order valence-electron chi connectivity index (χ1n) is 6.89. The Morgan fingerprint density at radius 2 is 1.26 bits per heavy atom. The van der Waals surface area contributed by atoms with Gasteiger partial charge in [-0.3, -0.25) is 0 Å². The van der Waals surface area contributed by atoms with E-state index in [0.29, 0.717) is 5.75 Å². The number of benzene rings is 1. The summed E-state index contributed by atoms with van der Waals surface area (Å²) in [5.41, 5.74) is 3.31. The monoisotopic (exact) mass is 256 g/mol. The Bertz CT molecular complexity index is 443. The van der Waals surface area contributed by atoms with E-state index in [4.69, 9.17) is 0 Å². The molecule has 102 valence electrons. The molecule has 1 nitrogen and oxygen atoms in total. The van der Waals surface area contributed by atoms with Gasteiger partial charge >= 0.3 is 0 Å². The van der Waals surface area contributed by atoms with Gasteiger partial charge in [-0.2, -0.15) is 0 Å². The first-order valence-corrected chi connectivity index (χ1v) is 6.89. The number of rotatable bonds is 9. The molecule has 0 aromatic heterocycles. The zero-order valence-electron chi connectivity index (χ0n) is 11.7. The van der Waals surface area contributed by atoms with Crippen molar-refractivity contribution in [3.05, 3.63) is 66.8 Å². The topological polar surface area (TPSA) is 20.2 Å². The summed E-state index contributed by atoms with van der Waals surface area (Å²) in [6.45, 7) is 11.2. The van der Waals surface area contributed by atoms with Crippen molar-refractivity contribution in [2.24, 2.45) is 0 Å². The van der Waals surface area contributed by atoms with E-state index in [-0.39, 0.29) is 0 Å². The summed E-state index contributed by atoms with van der Waals surface area (Å²) in [7, 11) is 0. The van der Waals surface area contributed by atoms with Gasteiger partial charge in [0.25, 0.3) is 0 Å². The van der Waals surface area contributed by atoms with Gasteiger partial charge in [-0.15, -0.1) is 19.7 Å². The zero-order valence-corrected chi connectivity index (χ0v) is 11.7. The maximum atomic E-state index is 10.4. The van der Waals surface area contributed by atoms with Gasteiger partial charge in [0.2, 0.25) is 0 Å². The Balaban J connectivity index is 3.03. The van der Waals surface area contributed by atoms with E-state index in [0.717, 1.165) is 49.7 Å². The molecule has 0 fully saturated rings. The van der Waals surface area contributed by atoms with Crippen LogP contribution < -0.4 is 0 Å². The molecule has 0 saturated heterocycles. The maximum absolute atomic E-state index is 10.4. The number of aryl methyl sites for hydroxylation is 2. The van der Waals surface area contributed by atoms with Crippen LogP contribution in [0, 0.1) is 0 Å². The lowest BCUT2D eigenvalue weighted by Gasteiger charge is -2.14. The van der Waals surface area contributed by atoms with Crippen LogP contribution >= 0.6 is 0 Å². The molecule has 0 bridgehead atoms. The molecule has 0 heterocycles. The molecule has 0 aliphatic carbocycles. The van der Waals surface area contributed by atoms with Crippen molar-refractivity contribution < 1.29 is 5.11 Å². The third kappa shape index (κ3) is 4.44. The predicted octanol–water partition coefficient (Wildman–Crippen LogP) is 4.75. The fourth-order valence-electron chi connectivity index (χ4n) is 2.20. The molecule has 0 spiro atoms. The van der Waals surface area contributed by atoms with Gasteiger partial charge in [-0.25, -0.2) is 0 Å². The quantitative estimate of drug-likeness (QED) is 0.632. The normalized spacial score (nSPS) is 10.1. The first kappa shape index (κ1) is 15.3. The van der Waals surface area contributed by atoms with Crippen molar-refractivity contribution in [1.82, 2.24) is 0 Å². The van der Waals surface area contributed by atoms with Gasteiger partial charge in [-0.1, -0.05) is 30.4 Å². The van der Waals surface area contributed by atoms with Gasteiger partial charge in [0.05, 0.1) is 0 Å². The second kappa shape index (κ2) is 8.36. The molecule has 0 radical (unpaired) electrons. The Labute approximate surface area is 117 Å². The Kier molecular flexibility index (Phi) is 6.73. The van der Waals surface area contributed by atoms with Gasteiger partial charge in [0, 0.05) is 0 Å². The van der Waals surface area contributed by atoms with E-state index < -0.39 is 0 Å². The number of allylic oxidation sites excluding steroid dienone is 3. The second-order valence-corrected chi connectivity index (χ2v) is 4.69. The predicted molar refractivity (Wildman–Crippen MR) is 83.7 cm³/mol. The van der Waals surface area contributed by atoms with Crippen molar-refractivity contribution in [3.8, 4) is 5.75 Å². The van der Waals surface area contributed by atoms with E-state index in [1.54, 1.807) is 0 Å². The first-order chi connectivity index (χ1) is 9.24. The molecular formula is C18H24O. The highest BCUT2D eigenvalue weighted by Crippen LogP contribution is 2.29. The summed E-state index contributed by atoms with van der Waals surface area (Å²) in [6, 6.07) is 4.18. The SMILES string of the molecule is C=CCCc1ccc(CCC=C)c(CCC=C)c1O. The van der Waals surface area contributed by atoms with Gasteiger partial charge in [0.15, 0.2) is 0 Å². The van der Waals surface area contributed by atoms with Crippen molar-refractivity contribution in [2.75, 3.05) is 0 Å². The summed E-state index contributed by atoms with van der Waals surface area (Å²) in [5.74, 6) is 0.463. The summed E-state index contributed by atoms with van der Waals surface area (Å²) in [5, 5.41) is 10.4. The van der Waals surface area contributed by atoms with E-state index in [9.17, 15) is 5.11 Å². The van der Waals surface area contributed by atoms with Crippen LogP contribution in [0.1, 0.15) is 36.0 Å². The maximum Gasteiger partial charge on any atom is 0.122 e. The van der Waals surface area contributed by atoms with Gasteiger partial charge in [0.1, 0.15) is 5.75 Å². The molecule has 0 aliphatic rings. The van der Waals surface area contributed by atoms with Crippen molar-refractivity contribution in [1.29, 1.82) is 0 Å². The molecule has 0 unspecified atom stereocenters. The number of phenols is 1. The smallest absolute Gasteiger partial charge is 0.122 e. The fourth-order valence-corrected chi connectivity index (χ4v) is 2.20. The lowest BCUT2D eigenvalue weighted by atomic mass is 9.94. The van der Waals surface area contributed by atoms with Crippen LogP contribution in [-0.4, -0.2) is 5.11 Å². The van der Waals surface area contributed by atoms with E-state index in [1.165, 1.54) is 5.56 Å². The third-order valence-corrected chi connectivity index (χ3v) is 3.30. The molecule has 1 N–H and O–H groups in total. The molecule has 0 saturated carbocycles. The molecule has 1 aromatic rings. The molecule has 1 heteroatoms. The number of hydrogen-bond acceptors (Lipinski definition) is 1. The van der Waals surface area contributed by atoms with E-state index in [1.807, 2.05) is 24.3 Å². The molecule has 1 rings (SSSR count). The van der Waals surface area contributed by atoms with Crippen LogP contribution in [0.25, 0.3) is 0 Å². The molecular weight excluding hydrogens is 232 g/mol. The van der Waals surface area contributed by atoms with Crippen molar-refractivity contribution >= 4 is 0 Å². The summed E-state index contributed by atoms with van der Waals surface area (Å²) in [4.78, 5) is 0. The van der Waals surface area contributed by atoms with Crippen molar-refractivity contribution in [3.63, 3.8) is 0 Å². The summed E-state index contributed by atoms with van der Waals surface area (Å²) < 4.78 is 0. The minimum Gasteiger partial charge on any atom is -0.507 e. The van der Waals surface area contributed by atoms with E-state index in [2.05, 4.69) is 25.8 Å². The molecule has 0 amide bonds. The Morgan fingerprint density at radius 3 is 1.84 bits per heavy atom. The molecule has 19 heavy (non-hydrogen) atoms. The van der Waals surface area contributed by atoms with Crippen LogP contribution in [0.15, 0.2) is 50.1 Å². The largest absolute Gasteiger partial charge is 0.507 e. The van der Waals surface area contributed by atoms with Gasteiger partial charge in [-0.05, 0) is 55.2 Å². The fraction of sp³-hybridized carbons (Fsp3) is 0.333. The van der Waals surface area contributed by atoms with E-state index >= 15 is 0 Å². The number of aromatic hydroxyl groups is 1. The number of hydrogen-bond donors (Lipinski definition) is 1. The lowest BCUT2D eigenvalue weighted by molar-refractivity contribution is 0.459. The Hall–Kier alpha value is -1.76. The highest BCUT2D eigenvalue weighted by molar-refractivity contribution is 5.46. The molecule has 0 aliphatic heterocycles. The number of phenolic OH excluding ortho intramolecular Hbond substituents is 1. The molecule has 1 aromatic carbocycles. The van der Waals surface area contributed by atoms with Crippen LogP contribution in [0.5, 0.6) is 5.75 Å². The summed E-state index contributed by atoms with van der Waals surface area (Å²) in [6.07, 6.45) is 11.0. The van der Waals surface area contributed by atoms with Crippen LogP contribution in [0.3, 0.4) is 0 Å². The summed E-state index contributed by atoms with van der Waals surface area (Å²) >= 11 is 0. The Morgan fingerprint density at radius 1 is 0.789 bits per heavy atom. The highest BCUT2D eigenvalue weighted by Gasteiger charge is 2.11. The average molecular weight is 256 g/mol. The van der Waals surface area contributed by atoms with Gasteiger partial charge < -0.3 is 5.11 Å². The van der Waals surface area contributed by atoms with Crippen LogP contribution in [0.4, 0.5) is 0 Å². The minimum absolute atomic E-state index is 0.463.